The fourth-order valence-electron chi connectivity index (χ4n) is 5.12. The molecule has 2 amide bonds. The molecule has 3 aliphatic rings. The Labute approximate surface area is 223 Å². The Hall–Kier alpha value is -3.61. The fourth-order valence-corrected chi connectivity index (χ4v) is 5.91. The number of hydrogen-bond donors (Lipinski definition) is 3. The van der Waals surface area contributed by atoms with Crippen molar-refractivity contribution in [2.45, 2.75) is 17.1 Å². The number of fused-ring (bicyclic) bond motifs is 2. The van der Waals surface area contributed by atoms with Crippen LogP contribution in [0.4, 0.5) is 21.9 Å². The summed E-state index contributed by atoms with van der Waals surface area (Å²) in [6, 6.07) is 11.2. The molecule has 6 rings (SSSR count). The first-order valence-corrected chi connectivity index (χ1v) is 13.5. The molecular weight excluding hydrogens is 508 g/mol. The van der Waals surface area contributed by atoms with Gasteiger partial charge in [0.2, 0.25) is 11.8 Å². The number of thioether (sulfide) groups is 1. The summed E-state index contributed by atoms with van der Waals surface area (Å²) >= 11 is 1.48. The lowest BCUT2D eigenvalue weighted by molar-refractivity contribution is -0.113. The predicted molar refractivity (Wildman–Crippen MR) is 144 cm³/mol. The van der Waals surface area contributed by atoms with Gasteiger partial charge in [0.15, 0.2) is 0 Å². The van der Waals surface area contributed by atoms with Crippen molar-refractivity contribution >= 4 is 51.9 Å². The van der Waals surface area contributed by atoms with Crippen LogP contribution < -0.4 is 25.2 Å². The van der Waals surface area contributed by atoms with Gasteiger partial charge in [-0.25, -0.2) is 9.78 Å². The Morgan fingerprint density at radius 2 is 2.08 bits per heavy atom. The van der Waals surface area contributed by atoms with E-state index in [1.807, 2.05) is 30.3 Å². The van der Waals surface area contributed by atoms with E-state index < -0.39 is 12.2 Å². The number of carbonyl (C=O) groups excluding carboxylic acids is 2. The summed E-state index contributed by atoms with van der Waals surface area (Å²) in [6.45, 7) is 2.60. The molecule has 0 aliphatic carbocycles. The molecule has 198 valence electrons. The average molecular weight is 537 g/mol. The fraction of sp³-hybridized carbons (Fsp3) is 0.385. The van der Waals surface area contributed by atoms with Crippen molar-refractivity contribution in [1.29, 1.82) is 0 Å². The van der Waals surface area contributed by atoms with Crippen molar-refractivity contribution in [2.24, 2.45) is 5.92 Å². The zero-order chi connectivity index (χ0) is 26.2. The van der Waals surface area contributed by atoms with Gasteiger partial charge in [-0.05, 0) is 30.3 Å². The average Bonchev–Trinajstić information content (AvgIpc) is 3.49. The van der Waals surface area contributed by atoms with Crippen molar-refractivity contribution in [3.8, 4) is 5.88 Å². The minimum Gasteiger partial charge on any atom is -0.481 e. The smallest absolute Gasteiger partial charge is 0.414 e. The topological polar surface area (TPSA) is 129 Å². The zero-order valence-electron chi connectivity index (χ0n) is 20.8. The van der Waals surface area contributed by atoms with Crippen molar-refractivity contribution in [1.82, 2.24) is 15.3 Å². The number of carbonyl (C=O) groups is 2. The molecule has 3 N–H and O–H groups in total. The standard InChI is InChI=1S/C26H28N6O5S/c1-36-24-5-3-18-25(30-24)20(6-7-28-18)31-11-15(21(33)13-31)9-27-10-17-12-32(26(35)37-17)16-2-4-22-19(8-16)29-23(34)14-38-22/h2-8,15,17,21,27,33H,9-14H2,1H3,(H,29,34)/t15-,17+,21+/m0/s1. The summed E-state index contributed by atoms with van der Waals surface area (Å²) in [5, 5.41) is 17.0. The number of nitrogens with one attached hydrogen (secondary N) is 2. The van der Waals surface area contributed by atoms with Gasteiger partial charge in [0.05, 0.1) is 42.4 Å². The number of nitrogens with zero attached hydrogens (tertiary/aromatic N) is 4. The molecule has 5 heterocycles. The van der Waals surface area contributed by atoms with Crippen LogP contribution >= 0.6 is 11.8 Å². The van der Waals surface area contributed by atoms with Crippen molar-refractivity contribution in [3.63, 3.8) is 0 Å². The number of methoxy groups -OCH3 is 1. The number of aliphatic hydroxyl groups is 1. The van der Waals surface area contributed by atoms with E-state index in [1.54, 1.807) is 24.3 Å². The lowest BCUT2D eigenvalue weighted by atomic mass is 10.1. The van der Waals surface area contributed by atoms with Crippen LogP contribution in [-0.4, -0.2) is 84.9 Å². The Bertz CT molecular complexity index is 1390. The van der Waals surface area contributed by atoms with E-state index in [0.29, 0.717) is 55.7 Å². The van der Waals surface area contributed by atoms with Gasteiger partial charge in [-0.1, -0.05) is 0 Å². The molecule has 3 aromatic rings. The highest BCUT2D eigenvalue weighted by atomic mass is 32.2. The second-order valence-electron chi connectivity index (χ2n) is 9.58. The van der Waals surface area contributed by atoms with Gasteiger partial charge in [-0.2, -0.15) is 0 Å². The van der Waals surface area contributed by atoms with Crippen LogP contribution in [0.1, 0.15) is 0 Å². The first-order valence-electron chi connectivity index (χ1n) is 12.5. The molecule has 0 radical (unpaired) electrons. The molecule has 2 aromatic heterocycles. The summed E-state index contributed by atoms with van der Waals surface area (Å²) in [5.74, 6) is 0.860. The van der Waals surface area contributed by atoms with Gasteiger partial charge in [-0.3, -0.25) is 14.7 Å². The normalized spacial score (nSPS) is 22.9. The van der Waals surface area contributed by atoms with E-state index in [0.717, 1.165) is 21.6 Å². The maximum absolute atomic E-state index is 12.6. The van der Waals surface area contributed by atoms with Gasteiger partial charge in [0, 0.05) is 54.9 Å². The molecule has 38 heavy (non-hydrogen) atoms. The Morgan fingerprint density at radius 3 is 2.95 bits per heavy atom. The van der Waals surface area contributed by atoms with E-state index in [2.05, 4.69) is 25.5 Å². The monoisotopic (exact) mass is 536 g/mol. The summed E-state index contributed by atoms with van der Waals surface area (Å²) < 4.78 is 10.9. The van der Waals surface area contributed by atoms with E-state index in [9.17, 15) is 14.7 Å². The van der Waals surface area contributed by atoms with Crippen molar-refractivity contribution < 1.29 is 24.2 Å². The molecule has 1 aromatic carbocycles. The number of aromatic nitrogens is 2. The number of ether oxygens (including phenoxy) is 2. The van der Waals surface area contributed by atoms with E-state index in [-0.39, 0.29) is 17.9 Å². The zero-order valence-corrected chi connectivity index (χ0v) is 21.6. The third kappa shape index (κ3) is 4.82. The molecule has 0 unspecified atom stereocenters. The van der Waals surface area contributed by atoms with E-state index in [4.69, 9.17) is 9.47 Å². The number of aliphatic hydroxyl groups excluding tert-OH is 1. The molecule has 11 nitrogen and oxygen atoms in total. The molecule has 12 heteroatoms. The van der Waals surface area contributed by atoms with Gasteiger partial charge in [-0.15, -0.1) is 11.8 Å². The van der Waals surface area contributed by atoms with Crippen LogP contribution in [0.2, 0.25) is 0 Å². The molecule has 0 saturated carbocycles. The van der Waals surface area contributed by atoms with Crippen LogP contribution in [0.15, 0.2) is 47.5 Å². The molecule has 2 fully saturated rings. The van der Waals surface area contributed by atoms with Crippen molar-refractivity contribution in [2.75, 3.05) is 60.7 Å². The minimum absolute atomic E-state index is 0.00112. The molecule has 0 spiro atoms. The SMILES string of the molecule is COc1ccc2nccc(N3C[C@H](CNC[C@@H]4CN(c5ccc6c(c5)NC(=O)CS6)C(=O)O4)[C@H](O)C3)c2n1. The largest absolute Gasteiger partial charge is 0.481 e. The van der Waals surface area contributed by atoms with Gasteiger partial charge in [0.25, 0.3) is 0 Å². The molecule has 3 aliphatic heterocycles. The number of β-amino-alcohol motifs (C(OH)–C–C–N with tert-alkyl or cyclic N) is 1. The van der Waals surface area contributed by atoms with Crippen LogP contribution in [-0.2, 0) is 9.53 Å². The first kappa shape index (κ1) is 24.7. The third-order valence-corrected chi connectivity index (χ3v) is 8.13. The number of pyridine rings is 2. The number of anilines is 3. The van der Waals surface area contributed by atoms with Crippen LogP contribution in [0.25, 0.3) is 11.0 Å². The van der Waals surface area contributed by atoms with Crippen LogP contribution in [0.5, 0.6) is 5.88 Å². The minimum atomic E-state index is -0.512. The van der Waals surface area contributed by atoms with E-state index in [1.165, 1.54) is 11.8 Å². The maximum atomic E-state index is 12.6. The Morgan fingerprint density at radius 1 is 1.18 bits per heavy atom. The van der Waals surface area contributed by atoms with Gasteiger partial charge in [0.1, 0.15) is 11.6 Å². The summed E-state index contributed by atoms with van der Waals surface area (Å²) in [6.07, 6.45) is 0.505. The van der Waals surface area contributed by atoms with Crippen LogP contribution in [0, 0.1) is 5.92 Å². The highest BCUT2D eigenvalue weighted by Crippen LogP contribution is 2.35. The van der Waals surface area contributed by atoms with Crippen molar-refractivity contribution in [3.05, 3.63) is 42.6 Å². The second-order valence-corrected chi connectivity index (χ2v) is 10.6. The first-order chi connectivity index (χ1) is 18.5. The summed E-state index contributed by atoms with van der Waals surface area (Å²) in [5.41, 5.74) is 3.83. The number of cyclic esters (lactones) is 1. The predicted octanol–water partition coefficient (Wildman–Crippen LogP) is 2.09. The second kappa shape index (κ2) is 10.3. The number of rotatable bonds is 7. The molecule has 0 bridgehead atoms. The Kier molecular flexibility index (Phi) is 6.68. The number of benzene rings is 1. The number of amides is 2. The lowest BCUT2D eigenvalue weighted by Crippen LogP contribution is -2.36. The third-order valence-electron chi connectivity index (χ3n) is 7.05. The summed E-state index contributed by atoms with van der Waals surface area (Å²) in [7, 11) is 1.58. The summed E-state index contributed by atoms with van der Waals surface area (Å²) in [4.78, 5) is 37.9. The molecular formula is C26H28N6O5S. The van der Waals surface area contributed by atoms with Gasteiger partial charge < -0.3 is 30.1 Å². The highest BCUT2D eigenvalue weighted by molar-refractivity contribution is 8.00. The number of hydrogen-bond acceptors (Lipinski definition) is 10. The molecule has 2 saturated heterocycles. The molecule has 3 atom stereocenters. The Balaban J connectivity index is 1.05. The quantitative estimate of drug-likeness (QED) is 0.413. The van der Waals surface area contributed by atoms with Gasteiger partial charge >= 0.3 is 6.09 Å². The van der Waals surface area contributed by atoms with Crippen LogP contribution in [0.3, 0.4) is 0 Å². The maximum Gasteiger partial charge on any atom is 0.414 e. The van der Waals surface area contributed by atoms with E-state index >= 15 is 0 Å². The lowest BCUT2D eigenvalue weighted by Gasteiger charge is -2.20. The highest BCUT2D eigenvalue weighted by Gasteiger charge is 2.35.